The minimum absolute atomic E-state index is 0.0503. The molecule has 1 amide bonds. The minimum atomic E-state index is -0.855. The Labute approximate surface area is 171 Å². The molecule has 0 aliphatic carbocycles. The molecule has 0 fully saturated rings. The number of nitro benzene ring substituents is 1. The van der Waals surface area contributed by atoms with Gasteiger partial charge in [0.15, 0.2) is 23.9 Å². The number of fused-ring (bicyclic) bond motifs is 1. The summed E-state index contributed by atoms with van der Waals surface area (Å²) in [5.74, 6) is -0.0943. The number of nitro groups is 1. The topological polar surface area (TPSA) is 126 Å². The quantitative estimate of drug-likeness (QED) is 0.395. The third-order valence-corrected chi connectivity index (χ3v) is 4.30. The van der Waals surface area contributed by atoms with Gasteiger partial charge in [0, 0.05) is 6.07 Å². The van der Waals surface area contributed by atoms with E-state index in [-0.39, 0.29) is 36.4 Å². The first-order valence-corrected chi connectivity index (χ1v) is 9.16. The van der Waals surface area contributed by atoms with E-state index in [2.05, 4.69) is 5.32 Å². The van der Waals surface area contributed by atoms with Crippen LogP contribution >= 0.6 is 0 Å². The van der Waals surface area contributed by atoms with E-state index in [1.807, 2.05) is 0 Å². The largest absolute Gasteiger partial charge is 0.487 e. The van der Waals surface area contributed by atoms with E-state index in [0.717, 1.165) is 11.6 Å². The summed E-state index contributed by atoms with van der Waals surface area (Å²) in [6.07, 6.45) is 0. The summed E-state index contributed by atoms with van der Waals surface area (Å²) in [5.41, 5.74) is 0.384. The van der Waals surface area contributed by atoms with Crippen LogP contribution < -0.4 is 19.5 Å². The second kappa shape index (κ2) is 9.12. The van der Waals surface area contributed by atoms with Gasteiger partial charge in [0.05, 0.1) is 23.1 Å². The predicted octanol–water partition coefficient (Wildman–Crippen LogP) is 2.76. The van der Waals surface area contributed by atoms with Crippen molar-refractivity contribution in [2.45, 2.75) is 19.9 Å². The summed E-state index contributed by atoms with van der Waals surface area (Å²) in [6.45, 7) is 3.32. The van der Waals surface area contributed by atoms with Crippen LogP contribution in [0.4, 0.5) is 5.69 Å². The van der Waals surface area contributed by atoms with Crippen molar-refractivity contribution in [2.75, 3.05) is 20.0 Å². The lowest BCUT2D eigenvalue weighted by Crippen LogP contribution is -2.31. The first kappa shape index (κ1) is 20.9. The number of esters is 1. The van der Waals surface area contributed by atoms with Crippen LogP contribution in [0, 0.1) is 10.1 Å². The molecule has 0 aromatic heterocycles. The fourth-order valence-corrected chi connectivity index (χ4v) is 2.83. The maximum atomic E-state index is 12.2. The molecule has 2 aromatic carbocycles. The van der Waals surface area contributed by atoms with E-state index in [0.29, 0.717) is 11.5 Å². The normalized spacial score (nSPS) is 12.7. The highest BCUT2D eigenvalue weighted by Crippen LogP contribution is 2.34. The lowest BCUT2D eigenvalue weighted by Gasteiger charge is -2.15. The summed E-state index contributed by atoms with van der Waals surface area (Å²) in [5, 5.41) is 13.9. The van der Waals surface area contributed by atoms with Gasteiger partial charge in [-0.05, 0) is 43.7 Å². The molecule has 1 N–H and O–H groups in total. The third-order valence-electron chi connectivity index (χ3n) is 4.30. The highest BCUT2D eigenvalue weighted by Gasteiger charge is 2.21. The van der Waals surface area contributed by atoms with Crippen LogP contribution in [0.5, 0.6) is 17.2 Å². The van der Waals surface area contributed by atoms with E-state index in [4.69, 9.17) is 18.9 Å². The van der Waals surface area contributed by atoms with Crippen LogP contribution in [-0.4, -0.2) is 36.8 Å². The first-order chi connectivity index (χ1) is 14.4. The molecule has 1 atom stereocenters. The van der Waals surface area contributed by atoms with Gasteiger partial charge in [0.1, 0.15) is 0 Å². The fraction of sp³-hybridized carbons (Fsp3) is 0.300. The van der Waals surface area contributed by atoms with Crippen LogP contribution in [0.25, 0.3) is 0 Å². The number of ether oxygens (including phenoxy) is 4. The van der Waals surface area contributed by atoms with Crippen molar-refractivity contribution in [3.63, 3.8) is 0 Å². The molecule has 0 unspecified atom stereocenters. The molecule has 0 saturated heterocycles. The molecule has 10 nitrogen and oxygen atoms in total. The zero-order chi connectivity index (χ0) is 21.7. The lowest BCUT2D eigenvalue weighted by atomic mass is 10.1. The molecule has 2 aromatic rings. The zero-order valence-corrected chi connectivity index (χ0v) is 16.4. The molecule has 30 heavy (non-hydrogen) atoms. The maximum absolute atomic E-state index is 12.2. The van der Waals surface area contributed by atoms with Crippen LogP contribution in [0.1, 0.15) is 35.8 Å². The van der Waals surface area contributed by atoms with Crippen molar-refractivity contribution in [2.24, 2.45) is 0 Å². The van der Waals surface area contributed by atoms with E-state index in [9.17, 15) is 19.7 Å². The van der Waals surface area contributed by atoms with Crippen molar-refractivity contribution in [3.05, 3.63) is 57.6 Å². The summed E-state index contributed by atoms with van der Waals surface area (Å²) < 4.78 is 20.7. The maximum Gasteiger partial charge on any atom is 0.338 e. The van der Waals surface area contributed by atoms with E-state index in [1.165, 1.54) is 12.1 Å². The molecular weight excluding hydrogens is 396 g/mol. The Morgan fingerprint density at radius 3 is 2.70 bits per heavy atom. The van der Waals surface area contributed by atoms with E-state index < -0.39 is 23.4 Å². The van der Waals surface area contributed by atoms with Gasteiger partial charge in [-0.2, -0.15) is 0 Å². The summed E-state index contributed by atoms with van der Waals surface area (Å²) in [6, 6.07) is 8.66. The molecule has 0 saturated carbocycles. The first-order valence-electron chi connectivity index (χ1n) is 9.16. The summed E-state index contributed by atoms with van der Waals surface area (Å²) in [4.78, 5) is 34.8. The van der Waals surface area contributed by atoms with Crippen LogP contribution in [0.15, 0.2) is 36.4 Å². The highest BCUT2D eigenvalue weighted by molar-refractivity contribution is 5.92. The van der Waals surface area contributed by atoms with Crippen LogP contribution in [-0.2, 0) is 9.53 Å². The molecule has 0 radical (unpaired) electrons. The second-order valence-electron chi connectivity index (χ2n) is 6.35. The average Bonchev–Trinajstić information content (AvgIpc) is 3.20. The highest BCUT2D eigenvalue weighted by atomic mass is 16.7. The second-order valence-corrected chi connectivity index (χ2v) is 6.35. The number of amides is 1. The molecule has 0 bridgehead atoms. The van der Waals surface area contributed by atoms with Crippen LogP contribution in [0.3, 0.4) is 0 Å². The molecule has 1 aliphatic heterocycles. The van der Waals surface area contributed by atoms with Crippen molar-refractivity contribution < 1.29 is 33.5 Å². The third kappa shape index (κ3) is 4.77. The Bertz CT molecular complexity index is 975. The molecular formula is C20H20N2O8. The Balaban J connectivity index is 1.57. The van der Waals surface area contributed by atoms with Gasteiger partial charge in [-0.1, -0.05) is 6.07 Å². The number of nitrogens with one attached hydrogen (secondary N) is 1. The molecule has 1 aliphatic rings. The number of hydrogen-bond donors (Lipinski definition) is 1. The summed E-state index contributed by atoms with van der Waals surface area (Å²) in [7, 11) is 0. The van der Waals surface area contributed by atoms with Gasteiger partial charge in [-0.3, -0.25) is 14.9 Å². The molecule has 10 heteroatoms. The number of rotatable bonds is 8. The number of nitrogens with zero attached hydrogens (tertiary/aromatic N) is 1. The number of hydrogen-bond acceptors (Lipinski definition) is 8. The van der Waals surface area contributed by atoms with Crippen molar-refractivity contribution in [1.29, 1.82) is 0 Å². The molecule has 158 valence electrons. The Kier molecular flexibility index (Phi) is 6.35. The predicted molar refractivity (Wildman–Crippen MR) is 104 cm³/mol. The van der Waals surface area contributed by atoms with Crippen LogP contribution in [0.2, 0.25) is 0 Å². The monoisotopic (exact) mass is 416 g/mol. The molecule has 3 rings (SSSR count). The Hall–Kier alpha value is -3.82. The smallest absolute Gasteiger partial charge is 0.338 e. The van der Waals surface area contributed by atoms with Crippen molar-refractivity contribution in [1.82, 2.24) is 5.32 Å². The Morgan fingerprint density at radius 1 is 1.20 bits per heavy atom. The SMILES string of the molecule is CCOc1ccc(C(=O)OCC(=O)N[C@@H](C)c2ccc3c(c2)OCO3)cc1[N+](=O)[O-]. The van der Waals surface area contributed by atoms with E-state index >= 15 is 0 Å². The van der Waals surface area contributed by atoms with Gasteiger partial charge < -0.3 is 24.3 Å². The number of carbonyl (C=O) groups is 2. The fourth-order valence-electron chi connectivity index (χ4n) is 2.83. The van der Waals surface area contributed by atoms with Crippen molar-refractivity contribution >= 4 is 17.6 Å². The zero-order valence-electron chi connectivity index (χ0n) is 16.4. The molecule has 0 spiro atoms. The molecule has 1 heterocycles. The van der Waals surface area contributed by atoms with Gasteiger partial charge in [0.2, 0.25) is 6.79 Å². The number of carbonyl (C=O) groups excluding carboxylic acids is 2. The van der Waals surface area contributed by atoms with Gasteiger partial charge in [-0.25, -0.2) is 4.79 Å². The van der Waals surface area contributed by atoms with E-state index in [1.54, 1.807) is 32.0 Å². The van der Waals surface area contributed by atoms with Gasteiger partial charge >= 0.3 is 11.7 Å². The Morgan fingerprint density at radius 2 is 1.97 bits per heavy atom. The lowest BCUT2D eigenvalue weighted by molar-refractivity contribution is -0.385. The summed E-state index contributed by atoms with van der Waals surface area (Å²) >= 11 is 0. The van der Waals surface area contributed by atoms with Gasteiger partial charge in [0.25, 0.3) is 5.91 Å². The van der Waals surface area contributed by atoms with Crippen molar-refractivity contribution in [3.8, 4) is 17.2 Å². The average molecular weight is 416 g/mol. The standard InChI is InChI=1S/C20H20N2O8/c1-3-27-16-6-5-14(8-15(16)22(25)26)20(24)28-10-19(23)21-12(2)13-4-7-17-18(9-13)30-11-29-17/h4-9,12H,3,10-11H2,1-2H3,(H,21,23)/t12-/m0/s1. The number of benzene rings is 2. The van der Waals surface area contributed by atoms with Gasteiger partial charge in [-0.15, -0.1) is 0 Å². The minimum Gasteiger partial charge on any atom is -0.487 e.